The summed E-state index contributed by atoms with van der Waals surface area (Å²) in [5, 5.41) is 3.69. The van der Waals surface area contributed by atoms with Crippen LogP contribution >= 0.6 is 0 Å². The SMILES string of the molecule is CCCC(C)(C)N1CC2CCC(C1)N2. The van der Waals surface area contributed by atoms with Crippen molar-refractivity contribution in [2.75, 3.05) is 13.1 Å². The molecule has 2 unspecified atom stereocenters. The van der Waals surface area contributed by atoms with Gasteiger partial charge in [-0.05, 0) is 33.1 Å². The van der Waals surface area contributed by atoms with Crippen molar-refractivity contribution in [1.82, 2.24) is 10.2 Å². The topological polar surface area (TPSA) is 15.3 Å². The van der Waals surface area contributed by atoms with Gasteiger partial charge in [0, 0.05) is 30.7 Å². The van der Waals surface area contributed by atoms with E-state index in [0.29, 0.717) is 5.54 Å². The molecule has 0 amide bonds. The number of fused-ring (bicyclic) bond motifs is 2. The van der Waals surface area contributed by atoms with Crippen molar-refractivity contribution in [3.05, 3.63) is 0 Å². The Hall–Kier alpha value is -0.0800. The highest BCUT2D eigenvalue weighted by Gasteiger charge is 2.37. The molecule has 2 aliphatic rings. The predicted octanol–water partition coefficient (Wildman–Crippen LogP) is 2.00. The van der Waals surface area contributed by atoms with E-state index >= 15 is 0 Å². The summed E-state index contributed by atoms with van der Waals surface area (Å²) in [6.07, 6.45) is 5.41. The molecule has 2 rings (SSSR count). The number of rotatable bonds is 3. The number of nitrogens with zero attached hydrogens (tertiary/aromatic N) is 1. The maximum absolute atomic E-state index is 3.69. The van der Waals surface area contributed by atoms with Crippen LogP contribution in [0, 0.1) is 0 Å². The second-order valence-electron chi connectivity index (χ2n) is 5.61. The maximum atomic E-state index is 3.69. The Kier molecular flexibility index (Phi) is 2.85. The molecule has 0 saturated carbocycles. The number of nitrogens with one attached hydrogen (secondary N) is 1. The molecule has 2 aliphatic heterocycles. The molecular weight excluding hydrogens is 172 g/mol. The first-order valence-corrected chi connectivity index (χ1v) is 6.13. The third kappa shape index (κ3) is 1.96. The lowest BCUT2D eigenvalue weighted by Crippen LogP contribution is -2.58. The quantitative estimate of drug-likeness (QED) is 0.743. The fourth-order valence-electron chi connectivity index (χ4n) is 3.06. The third-order valence-electron chi connectivity index (χ3n) is 3.93. The molecular formula is C12H24N2. The van der Waals surface area contributed by atoms with Crippen molar-refractivity contribution in [3.63, 3.8) is 0 Å². The largest absolute Gasteiger partial charge is 0.309 e. The van der Waals surface area contributed by atoms with Crippen LogP contribution in [0.1, 0.15) is 46.5 Å². The molecule has 0 aromatic rings. The van der Waals surface area contributed by atoms with Crippen LogP contribution in [0.2, 0.25) is 0 Å². The van der Waals surface area contributed by atoms with Crippen LogP contribution in [0.25, 0.3) is 0 Å². The second kappa shape index (κ2) is 3.82. The zero-order valence-corrected chi connectivity index (χ0v) is 9.84. The van der Waals surface area contributed by atoms with Gasteiger partial charge in [-0.15, -0.1) is 0 Å². The zero-order valence-electron chi connectivity index (χ0n) is 9.84. The van der Waals surface area contributed by atoms with E-state index in [1.807, 2.05) is 0 Å². The highest BCUT2D eigenvalue weighted by atomic mass is 15.3. The van der Waals surface area contributed by atoms with Gasteiger partial charge in [-0.1, -0.05) is 13.3 Å². The minimum Gasteiger partial charge on any atom is -0.309 e. The highest BCUT2D eigenvalue weighted by Crippen LogP contribution is 2.28. The maximum Gasteiger partial charge on any atom is 0.0198 e. The standard InChI is InChI=1S/C12H24N2/c1-4-7-12(2,3)14-8-10-5-6-11(9-14)13-10/h10-11,13H,4-9H2,1-3H3. The summed E-state index contributed by atoms with van der Waals surface area (Å²) in [5.41, 5.74) is 0.414. The molecule has 0 radical (unpaired) electrons. The normalized spacial score (nSPS) is 33.6. The van der Waals surface area contributed by atoms with E-state index in [4.69, 9.17) is 0 Å². The van der Waals surface area contributed by atoms with Crippen LogP contribution in [0.5, 0.6) is 0 Å². The average Bonchev–Trinajstić information content (AvgIpc) is 2.45. The smallest absolute Gasteiger partial charge is 0.0198 e. The Labute approximate surface area is 88.1 Å². The molecule has 2 fully saturated rings. The van der Waals surface area contributed by atoms with E-state index in [0.717, 1.165) is 12.1 Å². The summed E-state index contributed by atoms with van der Waals surface area (Å²) in [4.78, 5) is 2.70. The summed E-state index contributed by atoms with van der Waals surface area (Å²) >= 11 is 0. The molecule has 2 saturated heterocycles. The molecule has 2 atom stereocenters. The fourth-order valence-corrected chi connectivity index (χ4v) is 3.06. The van der Waals surface area contributed by atoms with E-state index < -0.39 is 0 Å². The molecule has 0 spiro atoms. The van der Waals surface area contributed by atoms with Crippen LogP contribution in [-0.4, -0.2) is 35.6 Å². The van der Waals surface area contributed by atoms with Crippen molar-refractivity contribution >= 4 is 0 Å². The minimum absolute atomic E-state index is 0.414. The van der Waals surface area contributed by atoms with Gasteiger partial charge < -0.3 is 5.32 Å². The van der Waals surface area contributed by atoms with Crippen LogP contribution in [0.15, 0.2) is 0 Å². The predicted molar refractivity (Wildman–Crippen MR) is 60.5 cm³/mol. The van der Waals surface area contributed by atoms with E-state index in [1.54, 1.807) is 0 Å². The fraction of sp³-hybridized carbons (Fsp3) is 1.00. The van der Waals surface area contributed by atoms with Crippen LogP contribution in [-0.2, 0) is 0 Å². The lowest BCUT2D eigenvalue weighted by molar-refractivity contribution is 0.0721. The Bertz CT molecular complexity index is 188. The Morgan fingerprint density at radius 3 is 2.29 bits per heavy atom. The summed E-state index contributed by atoms with van der Waals surface area (Å²) in [5.74, 6) is 0. The molecule has 2 bridgehead atoms. The first kappa shape index (κ1) is 10.4. The van der Waals surface area contributed by atoms with E-state index in [9.17, 15) is 0 Å². The van der Waals surface area contributed by atoms with Crippen molar-refractivity contribution in [1.29, 1.82) is 0 Å². The van der Waals surface area contributed by atoms with Crippen molar-refractivity contribution in [2.45, 2.75) is 64.1 Å². The monoisotopic (exact) mass is 196 g/mol. The number of likely N-dealkylation sites (tertiary alicyclic amines) is 1. The van der Waals surface area contributed by atoms with Gasteiger partial charge in [0.15, 0.2) is 0 Å². The molecule has 0 aromatic heterocycles. The summed E-state index contributed by atoms with van der Waals surface area (Å²) < 4.78 is 0. The van der Waals surface area contributed by atoms with Gasteiger partial charge in [-0.2, -0.15) is 0 Å². The van der Waals surface area contributed by atoms with Crippen LogP contribution in [0.3, 0.4) is 0 Å². The molecule has 1 N–H and O–H groups in total. The highest BCUT2D eigenvalue weighted by molar-refractivity contribution is 4.97. The Morgan fingerprint density at radius 2 is 1.79 bits per heavy atom. The van der Waals surface area contributed by atoms with Crippen LogP contribution < -0.4 is 5.32 Å². The van der Waals surface area contributed by atoms with Gasteiger partial charge in [0.25, 0.3) is 0 Å². The van der Waals surface area contributed by atoms with Crippen molar-refractivity contribution in [3.8, 4) is 0 Å². The average molecular weight is 196 g/mol. The number of hydrogen-bond donors (Lipinski definition) is 1. The Morgan fingerprint density at radius 1 is 1.21 bits per heavy atom. The van der Waals surface area contributed by atoms with E-state index in [-0.39, 0.29) is 0 Å². The zero-order chi connectivity index (χ0) is 10.2. The molecule has 14 heavy (non-hydrogen) atoms. The van der Waals surface area contributed by atoms with Crippen molar-refractivity contribution in [2.24, 2.45) is 0 Å². The third-order valence-corrected chi connectivity index (χ3v) is 3.93. The van der Waals surface area contributed by atoms with Gasteiger partial charge in [0.1, 0.15) is 0 Å². The first-order chi connectivity index (χ1) is 6.62. The molecule has 2 heterocycles. The summed E-state index contributed by atoms with van der Waals surface area (Å²) in [6, 6.07) is 1.56. The molecule has 0 aromatic carbocycles. The molecule has 2 heteroatoms. The molecule has 82 valence electrons. The minimum atomic E-state index is 0.414. The Balaban J connectivity index is 1.98. The lowest BCUT2D eigenvalue weighted by atomic mass is 9.95. The first-order valence-electron chi connectivity index (χ1n) is 6.13. The van der Waals surface area contributed by atoms with Gasteiger partial charge in [-0.25, -0.2) is 0 Å². The van der Waals surface area contributed by atoms with Gasteiger partial charge in [0.05, 0.1) is 0 Å². The summed E-state index contributed by atoms with van der Waals surface area (Å²) in [6.45, 7) is 9.63. The van der Waals surface area contributed by atoms with Gasteiger partial charge in [-0.3, -0.25) is 4.90 Å². The molecule has 2 nitrogen and oxygen atoms in total. The molecule has 0 aliphatic carbocycles. The van der Waals surface area contributed by atoms with E-state index in [1.165, 1.54) is 38.8 Å². The van der Waals surface area contributed by atoms with Crippen molar-refractivity contribution < 1.29 is 0 Å². The number of piperazine rings is 1. The number of hydrogen-bond acceptors (Lipinski definition) is 2. The summed E-state index contributed by atoms with van der Waals surface area (Å²) in [7, 11) is 0. The van der Waals surface area contributed by atoms with Crippen LogP contribution in [0.4, 0.5) is 0 Å². The van der Waals surface area contributed by atoms with Gasteiger partial charge in [0.2, 0.25) is 0 Å². The second-order valence-corrected chi connectivity index (χ2v) is 5.61. The van der Waals surface area contributed by atoms with Gasteiger partial charge >= 0.3 is 0 Å². The lowest BCUT2D eigenvalue weighted by Gasteiger charge is -2.44. The van der Waals surface area contributed by atoms with E-state index in [2.05, 4.69) is 31.0 Å².